The van der Waals surface area contributed by atoms with Gasteiger partial charge in [0.05, 0.1) is 6.10 Å². The van der Waals surface area contributed by atoms with Gasteiger partial charge in [0.1, 0.15) is 0 Å². The Hall–Kier alpha value is -0.930. The van der Waals surface area contributed by atoms with Gasteiger partial charge in [-0.15, -0.1) is 0 Å². The normalized spacial score (nSPS) is 24.8. The van der Waals surface area contributed by atoms with Gasteiger partial charge < -0.3 is 10.4 Å². The highest BCUT2D eigenvalue weighted by atomic mass is 16.3. The number of aliphatic hydroxyl groups is 1. The summed E-state index contributed by atoms with van der Waals surface area (Å²) in [6.45, 7) is 4.02. The van der Waals surface area contributed by atoms with Gasteiger partial charge in [-0.1, -0.05) is 6.07 Å². The zero-order valence-corrected chi connectivity index (χ0v) is 10.5. The van der Waals surface area contributed by atoms with E-state index >= 15 is 0 Å². The fourth-order valence-corrected chi connectivity index (χ4v) is 2.48. The molecule has 0 spiro atoms. The van der Waals surface area contributed by atoms with Crippen LogP contribution in [0.2, 0.25) is 0 Å². The van der Waals surface area contributed by atoms with E-state index in [2.05, 4.69) is 23.3 Å². The minimum Gasteiger partial charge on any atom is -0.393 e. The predicted molar refractivity (Wildman–Crippen MR) is 68.6 cm³/mol. The summed E-state index contributed by atoms with van der Waals surface area (Å²) in [4.78, 5) is 4.19. The Morgan fingerprint density at radius 3 is 2.76 bits per heavy atom. The first-order valence-corrected chi connectivity index (χ1v) is 6.53. The molecule has 1 fully saturated rings. The summed E-state index contributed by atoms with van der Waals surface area (Å²) in [5.74, 6) is 0.733. The van der Waals surface area contributed by atoms with E-state index in [0.29, 0.717) is 0 Å². The summed E-state index contributed by atoms with van der Waals surface area (Å²) in [7, 11) is 0. The van der Waals surface area contributed by atoms with Gasteiger partial charge in [0.15, 0.2) is 0 Å². The van der Waals surface area contributed by atoms with Crippen molar-refractivity contribution in [2.45, 2.75) is 45.3 Å². The highest BCUT2D eigenvalue weighted by molar-refractivity contribution is 5.16. The van der Waals surface area contributed by atoms with Gasteiger partial charge in [-0.2, -0.15) is 0 Å². The van der Waals surface area contributed by atoms with Crippen LogP contribution in [0.5, 0.6) is 0 Å². The van der Waals surface area contributed by atoms with E-state index in [4.69, 9.17) is 0 Å². The van der Waals surface area contributed by atoms with Crippen molar-refractivity contribution in [3.8, 4) is 0 Å². The first-order chi connectivity index (χ1) is 8.24. The molecular formula is C14H22N2O. The lowest BCUT2D eigenvalue weighted by Crippen LogP contribution is -2.27. The molecule has 0 unspecified atom stereocenters. The number of aromatic nitrogens is 1. The number of hydrogen-bond acceptors (Lipinski definition) is 3. The first-order valence-electron chi connectivity index (χ1n) is 6.53. The van der Waals surface area contributed by atoms with E-state index in [-0.39, 0.29) is 6.10 Å². The SMILES string of the molecule is Cc1cncc(CNCC2CCC(O)CC2)c1. The predicted octanol–water partition coefficient (Wildman–Crippen LogP) is 2.03. The van der Waals surface area contributed by atoms with Crippen LogP contribution >= 0.6 is 0 Å². The smallest absolute Gasteiger partial charge is 0.0540 e. The average Bonchev–Trinajstić information content (AvgIpc) is 2.32. The molecule has 1 heterocycles. The largest absolute Gasteiger partial charge is 0.393 e. The molecule has 2 N–H and O–H groups in total. The molecular weight excluding hydrogens is 212 g/mol. The Bertz CT molecular complexity index is 346. The summed E-state index contributed by atoms with van der Waals surface area (Å²) < 4.78 is 0. The van der Waals surface area contributed by atoms with Crippen LogP contribution in [-0.4, -0.2) is 22.7 Å². The van der Waals surface area contributed by atoms with Crippen molar-refractivity contribution in [2.75, 3.05) is 6.54 Å². The van der Waals surface area contributed by atoms with Crippen LogP contribution in [0, 0.1) is 12.8 Å². The zero-order chi connectivity index (χ0) is 12.1. The van der Waals surface area contributed by atoms with Crippen LogP contribution in [0.25, 0.3) is 0 Å². The number of nitrogens with one attached hydrogen (secondary N) is 1. The molecule has 1 aliphatic carbocycles. The van der Waals surface area contributed by atoms with Gasteiger partial charge in [0, 0.05) is 18.9 Å². The van der Waals surface area contributed by atoms with E-state index in [9.17, 15) is 5.11 Å². The molecule has 0 amide bonds. The monoisotopic (exact) mass is 234 g/mol. The number of pyridine rings is 1. The summed E-state index contributed by atoms with van der Waals surface area (Å²) in [6.07, 6.45) is 8.00. The molecule has 0 bridgehead atoms. The van der Waals surface area contributed by atoms with Gasteiger partial charge >= 0.3 is 0 Å². The third-order valence-corrected chi connectivity index (χ3v) is 3.51. The second-order valence-electron chi connectivity index (χ2n) is 5.18. The van der Waals surface area contributed by atoms with Crippen LogP contribution in [0.3, 0.4) is 0 Å². The van der Waals surface area contributed by atoms with Crippen molar-refractivity contribution in [3.05, 3.63) is 29.6 Å². The van der Waals surface area contributed by atoms with E-state index in [1.54, 1.807) is 0 Å². The van der Waals surface area contributed by atoms with Crippen molar-refractivity contribution in [2.24, 2.45) is 5.92 Å². The van der Waals surface area contributed by atoms with Crippen molar-refractivity contribution in [1.29, 1.82) is 0 Å². The Labute approximate surface area is 103 Å². The molecule has 1 aliphatic rings. The van der Waals surface area contributed by atoms with Crippen molar-refractivity contribution in [3.63, 3.8) is 0 Å². The van der Waals surface area contributed by atoms with Crippen LogP contribution in [0.1, 0.15) is 36.8 Å². The molecule has 94 valence electrons. The maximum atomic E-state index is 9.43. The van der Waals surface area contributed by atoms with Crippen molar-refractivity contribution in [1.82, 2.24) is 10.3 Å². The number of nitrogens with zero attached hydrogens (tertiary/aromatic N) is 1. The Balaban J connectivity index is 1.69. The highest BCUT2D eigenvalue weighted by Gasteiger charge is 2.18. The number of aliphatic hydroxyl groups excluding tert-OH is 1. The highest BCUT2D eigenvalue weighted by Crippen LogP contribution is 2.23. The minimum absolute atomic E-state index is 0.0489. The molecule has 3 heteroatoms. The molecule has 0 radical (unpaired) electrons. The molecule has 0 saturated heterocycles. The maximum Gasteiger partial charge on any atom is 0.0540 e. The Kier molecular flexibility index (Phi) is 4.51. The van der Waals surface area contributed by atoms with Crippen LogP contribution < -0.4 is 5.32 Å². The molecule has 0 atom stereocenters. The van der Waals surface area contributed by atoms with E-state index in [1.807, 2.05) is 12.4 Å². The van der Waals surface area contributed by atoms with Gasteiger partial charge in [0.2, 0.25) is 0 Å². The quantitative estimate of drug-likeness (QED) is 0.838. The first kappa shape index (κ1) is 12.5. The molecule has 0 aromatic carbocycles. The lowest BCUT2D eigenvalue weighted by atomic mass is 9.87. The standard InChI is InChI=1S/C14H22N2O/c1-11-6-13(9-15-7-11)10-16-8-12-2-4-14(17)5-3-12/h6-7,9,12,14,16-17H,2-5,8,10H2,1H3. The Morgan fingerprint density at radius 1 is 1.29 bits per heavy atom. The lowest BCUT2D eigenvalue weighted by Gasteiger charge is -2.25. The number of rotatable bonds is 4. The molecule has 1 aromatic heterocycles. The Morgan fingerprint density at radius 2 is 2.06 bits per heavy atom. The summed E-state index contributed by atoms with van der Waals surface area (Å²) in [5, 5.41) is 12.9. The van der Waals surface area contributed by atoms with Gasteiger partial charge in [-0.05, 0) is 56.2 Å². The van der Waals surface area contributed by atoms with Crippen LogP contribution in [0.4, 0.5) is 0 Å². The number of hydrogen-bond donors (Lipinski definition) is 2. The zero-order valence-electron chi connectivity index (χ0n) is 10.5. The van der Waals surface area contributed by atoms with Gasteiger partial charge in [-0.3, -0.25) is 4.98 Å². The van der Waals surface area contributed by atoms with E-state index in [0.717, 1.165) is 44.7 Å². The molecule has 3 nitrogen and oxygen atoms in total. The average molecular weight is 234 g/mol. The maximum absolute atomic E-state index is 9.43. The van der Waals surface area contributed by atoms with Crippen molar-refractivity contribution >= 4 is 0 Å². The summed E-state index contributed by atoms with van der Waals surface area (Å²) >= 11 is 0. The minimum atomic E-state index is -0.0489. The molecule has 17 heavy (non-hydrogen) atoms. The van der Waals surface area contributed by atoms with E-state index in [1.165, 1.54) is 11.1 Å². The third kappa shape index (κ3) is 4.10. The summed E-state index contributed by atoms with van der Waals surface area (Å²) in [6, 6.07) is 2.17. The third-order valence-electron chi connectivity index (χ3n) is 3.51. The molecule has 1 saturated carbocycles. The van der Waals surface area contributed by atoms with Crippen molar-refractivity contribution < 1.29 is 5.11 Å². The van der Waals surface area contributed by atoms with Gasteiger partial charge in [-0.25, -0.2) is 0 Å². The summed E-state index contributed by atoms with van der Waals surface area (Å²) in [5.41, 5.74) is 2.46. The van der Waals surface area contributed by atoms with E-state index < -0.39 is 0 Å². The number of aryl methyl sites for hydroxylation is 1. The molecule has 2 rings (SSSR count). The topological polar surface area (TPSA) is 45.2 Å². The molecule has 1 aromatic rings. The molecule has 0 aliphatic heterocycles. The van der Waals surface area contributed by atoms with Gasteiger partial charge in [0.25, 0.3) is 0 Å². The van der Waals surface area contributed by atoms with Crippen LogP contribution in [-0.2, 0) is 6.54 Å². The lowest BCUT2D eigenvalue weighted by molar-refractivity contribution is 0.108. The van der Waals surface area contributed by atoms with Crippen LogP contribution in [0.15, 0.2) is 18.5 Å². The fourth-order valence-electron chi connectivity index (χ4n) is 2.48. The fraction of sp³-hybridized carbons (Fsp3) is 0.643. The second-order valence-corrected chi connectivity index (χ2v) is 5.18. The second kappa shape index (κ2) is 6.12.